The van der Waals surface area contributed by atoms with Gasteiger partial charge >= 0.3 is 0 Å². The highest BCUT2D eigenvalue weighted by atomic mass is 16.2. The van der Waals surface area contributed by atoms with Crippen LogP contribution >= 0.6 is 0 Å². The molecule has 0 rings (SSSR count). The van der Waals surface area contributed by atoms with Crippen molar-refractivity contribution in [2.45, 2.75) is 6.92 Å². The summed E-state index contributed by atoms with van der Waals surface area (Å²) in [5.74, 6) is -0.0507. The van der Waals surface area contributed by atoms with Gasteiger partial charge in [0.25, 0.3) is 0 Å². The molecule has 0 aliphatic carbocycles. The van der Waals surface area contributed by atoms with Crippen molar-refractivity contribution in [1.82, 2.24) is 10.2 Å². The van der Waals surface area contributed by atoms with Crippen molar-refractivity contribution in [2.24, 2.45) is 0 Å². The third-order valence-electron chi connectivity index (χ3n) is 1.36. The van der Waals surface area contributed by atoms with Crippen LogP contribution < -0.4 is 5.32 Å². The molecule has 0 aliphatic heterocycles. The maximum atomic E-state index is 11.1. The van der Waals surface area contributed by atoms with E-state index in [2.05, 4.69) is 5.32 Å². The van der Waals surface area contributed by atoms with Gasteiger partial charge in [-0.25, -0.2) is 0 Å². The molecule has 0 atom stereocenters. The molecule has 0 heterocycles. The highest BCUT2D eigenvalue weighted by Gasteiger charge is 2.01. The van der Waals surface area contributed by atoms with Gasteiger partial charge in [-0.15, -0.1) is 0 Å². The highest BCUT2D eigenvalue weighted by Crippen LogP contribution is 1.84. The molecule has 0 spiro atoms. The van der Waals surface area contributed by atoms with Crippen LogP contribution in [0.1, 0.15) is 6.92 Å². The minimum absolute atomic E-state index is 0.0507. The Bertz CT molecular complexity index is 178. The molecule has 4 nitrogen and oxygen atoms in total. The number of allylic oxidation sites excluding steroid dienone is 1. The predicted octanol–water partition coefficient (Wildman–Crippen LogP) is -0.233. The van der Waals surface area contributed by atoms with E-state index in [0.717, 1.165) is 0 Å². The number of hydrogen-bond donors (Lipinski definition) is 1. The van der Waals surface area contributed by atoms with E-state index in [-0.39, 0.29) is 5.91 Å². The molecule has 0 saturated carbocycles. The molecular formula is C8H14N2O2. The lowest BCUT2D eigenvalue weighted by Gasteiger charge is -2.13. The monoisotopic (exact) mass is 170 g/mol. The van der Waals surface area contributed by atoms with E-state index in [4.69, 9.17) is 0 Å². The van der Waals surface area contributed by atoms with E-state index >= 15 is 0 Å². The molecule has 0 unspecified atom stereocenters. The maximum absolute atomic E-state index is 11.1. The summed E-state index contributed by atoms with van der Waals surface area (Å²) < 4.78 is 0. The molecule has 0 aromatic rings. The Morgan fingerprint density at radius 3 is 2.75 bits per heavy atom. The largest absolute Gasteiger partial charge is 0.357 e. The van der Waals surface area contributed by atoms with Crippen LogP contribution in [0.3, 0.4) is 0 Å². The molecule has 0 radical (unpaired) electrons. The average Bonchev–Trinajstić information content (AvgIpc) is 2.05. The standard InChI is InChI=1S/C8H14N2O2/c1-3-4-8(12)10(2)6-5-9-7-11/h3-4,7H,5-6H2,1-2H3,(H,9,11)/b4-3+. The summed E-state index contributed by atoms with van der Waals surface area (Å²) in [5, 5.41) is 2.48. The zero-order valence-corrected chi connectivity index (χ0v) is 7.41. The molecule has 0 fully saturated rings. The number of nitrogens with one attached hydrogen (secondary N) is 1. The van der Waals surface area contributed by atoms with Crippen molar-refractivity contribution in [3.63, 3.8) is 0 Å². The second-order valence-corrected chi connectivity index (χ2v) is 2.33. The number of hydrogen-bond acceptors (Lipinski definition) is 2. The van der Waals surface area contributed by atoms with Gasteiger partial charge in [0.15, 0.2) is 0 Å². The summed E-state index contributed by atoms with van der Waals surface area (Å²) in [7, 11) is 1.69. The van der Waals surface area contributed by atoms with E-state index in [1.165, 1.54) is 11.0 Å². The van der Waals surface area contributed by atoms with Gasteiger partial charge in [-0.2, -0.15) is 0 Å². The van der Waals surface area contributed by atoms with Crippen molar-refractivity contribution in [3.05, 3.63) is 12.2 Å². The fraction of sp³-hybridized carbons (Fsp3) is 0.500. The van der Waals surface area contributed by atoms with Crippen molar-refractivity contribution in [2.75, 3.05) is 20.1 Å². The fourth-order valence-corrected chi connectivity index (χ4v) is 0.671. The maximum Gasteiger partial charge on any atom is 0.246 e. The van der Waals surface area contributed by atoms with Crippen LogP contribution in [0.5, 0.6) is 0 Å². The fourth-order valence-electron chi connectivity index (χ4n) is 0.671. The molecule has 68 valence electrons. The van der Waals surface area contributed by atoms with Crippen LogP contribution in [-0.4, -0.2) is 37.4 Å². The molecular weight excluding hydrogens is 156 g/mol. The first-order chi connectivity index (χ1) is 5.72. The van der Waals surface area contributed by atoms with E-state index in [1.807, 2.05) is 0 Å². The predicted molar refractivity (Wildman–Crippen MR) is 46.5 cm³/mol. The molecule has 0 aromatic carbocycles. The Morgan fingerprint density at radius 1 is 1.58 bits per heavy atom. The number of nitrogens with zero attached hydrogens (tertiary/aromatic N) is 1. The van der Waals surface area contributed by atoms with Crippen LogP contribution in [0.2, 0.25) is 0 Å². The van der Waals surface area contributed by atoms with E-state index < -0.39 is 0 Å². The number of likely N-dealkylation sites (N-methyl/N-ethyl adjacent to an activating group) is 1. The zero-order valence-electron chi connectivity index (χ0n) is 7.41. The Labute approximate surface area is 72.2 Å². The Hall–Kier alpha value is -1.32. The van der Waals surface area contributed by atoms with Gasteiger partial charge < -0.3 is 10.2 Å². The third-order valence-corrected chi connectivity index (χ3v) is 1.36. The Balaban J connectivity index is 3.63. The van der Waals surface area contributed by atoms with Crippen molar-refractivity contribution < 1.29 is 9.59 Å². The third kappa shape index (κ3) is 4.49. The van der Waals surface area contributed by atoms with Gasteiger partial charge in [0.1, 0.15) is 0 Å². The minimum Gasteiger partial charge on any atom is -0.357 e. The number of carbonyl (C=O) groups is 2. The second kappa shape index (κ2) is 6.39. The van der Waals surface area contributed by atoms with Gasteiger partial charge in [0.2, 0.25) is 12.3 Å². The second-order valence-electron chi connectivity index (χ2n) is 2.33. The van der Waals surface area contributed by atoms with Crippen LogP contribution in [-0.2, 0) is 9.59 Å². The lowest BCUT2D eigenvalue weighted by atomic mass is 10.4. The summed E-state index contributed by atoms with van der Waals surface area (Å²) in [6, 6.07) is 0. The normalized spacial score (nSPS) is 9.83. The topological polar surface area (TPSA) is 49.4 Å². The summed E-state index contributed by atoms with van der Waals surface area (Å²) in [5.41, 5.74) is 0. The van der Waals surface area contributed by atoms with Crippen molar-refractivity contribution in [3.8, 4) is 0 Å². The number of amides is 2. The highest BCUT2D eigenvalue weighted by molar-refractivity contribution is 5.87. The summed E-state index contributed by atoms with van der Waals surface area (Å²) in [6.07, 6.45) is 3.79. The van der Waals surface area contributed by atoms with Crippen molar-refractivity contribution >= 4 is 12.3 Å². The minimum atomic E-state index is -0.0507. The zero-order chi connectivity index (χ0) is 9.40. The molecule has 0 aliphatic rings. The molecule has 0 bridgehead atoms. The molecule has 1 N–H and O–H groups in total. The molecule has 2 amide bonds. The molecule has 0 saturated heterocycles. The summed E-state index contributed by atoms with van der Waals surface area (Å²) in [4.78, 5) is 22.5. The van der Waals surface area contributed by atoms with Gasteiger partial charge in [-0.1, -0.05) is 6.08 Å². The molecule has 0 aromatic heterocycles. The van der Waals surface area contributed by atoms with Gasteiger partial charge in [-0.3, -0.25) is 9.59 Å². The first kappa shape index (κ1) is 10.7. The molecule has 4 heteroatoms. The van der Waals surface area contributed by atoms with Crippen LogP contribution in [0.25, 0.3) is 0 Å². The SMILES string of the molecule is C/C=C/C(=O)N(C)CCNC=O. The first-order valence-electron chi connectivity index (χ1n) is 3.77. The number of carbonyl (C=O) groups excluding carboxylic acids is 2. The van der Waals surface area contributed by atoms with E-state index in [0.29, 0.717) is 19.5 Å². The lowest BCUT2D eigenvalue weighted by molar-refractivity contribution is -0.125. The first-order valence-corrected chi connectivity index (χ1v) is 3.77. The van der Waals surface area contributed by atoms with Crippen LogP contribution in [0, 0.1) is 0 Å². The van der Waals surface area contributed by atoms with Gasteiger partial charge in [0, 0.05) is 20.1 Å². The van der Waals surface area contributed by atoms with E-state index in [9.17, 15) is 9.59 Å². The van der Waals surface area contributed by atoms with Crippen molar-refractivity contribution in [1.29, 1.82) is 0 Å². The van der Waals surface area contributed by atoms with Crippen LogP contribution in [0.4, 0.5) is 0 Å². The summed E-state index contributed by atoms with van der Waals surface area (Å²) in [6.45, 7) is 2.81. The Morgan fingerprint density at radius 2 is 2.25 bits per heavy atom. The van der Waals surface area contributed by atoms with Gasteiger partial charge in [-0.05, 0) is 13.0 Å². The van der Waals surface area contributed by atoms with Gasteiger partial charge in [0.05, 0.1) is 0 Å². The van der Waals surface area contributed by atoms with E-state index in [1.54, 1.807) is 20.0 Å². The average molecular weight is 170 g/mol. The Kier molecular flexibility index (Phi) is 5.69. The lowest BCUT2D eigenvalue weighted by Crippen LogP contribution is -2.32. The molecule has 12 heavy (non-hydrogen) atoms. The smallest absolute Gasteiger partial charge is 0.246 e. The quantitative estimate of drug-likeness (QED) is 0.352. The number of rotatable bonds is 5. The van der Waals surface area contributed by atoms with Crippen LogP contribution in [0.15, 0.2) is 12.2 Å². The summed E-state index contributed by atoms with van der Waals surface area (Å²) >= 11 is 0.